The van der Waals surface area contributed by atoms with Crippen molar-refractivity contribution in [3.8, 4) is 5.75 Å². The Hall–Kier alpha value is -2.01. The fourth-order valence-corrected chi connectivity index (χ4v) is 2.76. The number of methoxy groups -OCH3 is 1. The molecule has 0 aliphatic carbocycles. The summed E-state index contributed by atoms with van der Waals surface area (Å²) in [5.41, 5.74) is 1.04. The van der Waals surface area contributed by atoms with Gasteiger partial charge in [0, 0.05) is 16.3 Å². The first-order valence-corrected chi connectivity index (χ1v) is 7.75. The molecule has 1 heterocycles. The lowest BCUT2D eigenvalue weighted by Gasteiger charge is -2.07. The van der Waals surface area contributed by atoms with E-state index >= 15 is 0 Å². The molecule has 0 atom stereocenters. The van der Waals surface area contributed by atoms with Crippen molar-refractivity contribution in [3.63, 3.8) is 0 Å². The second kappa shape index (κ2) is 7.69. The minimum Gasteiger partial charge on any atom is -0.497 e. The van der Waals surface area contributed by atoms with Gasteiger partial charge in [-0.3, -0.25) is 0 Å². The highest BCUT2D eigenvalue weighted by molar-refractivity contribution is 7.11. The Bertz CT molecular complexity index is 578. The number of amides is 2. The highest BCUT2D eigenvalue weighted by Crippen LogP contribution is 2.16. The van der Waals surface area contributed by atoms with E-state index < -0.39 is 0 Å². The van der Waals surface area contributed by atoms with Crippen LogP contribution in [0, 0.1) is 0 Å². The van der Waals surface area contributed by atoms with Crippen molar-refractivity contribution in [2.45, 2.75) is 26.4 Å². The Morgan fingerprint density at radius 1 is 1.05 bits per heavy atom. The van der Waals surface area contributed by atoms with Crippen LogP contribution in [0.3, 0.4) is 0 Å². The van der Waals surface area contributed by atoms with Crippen LogP contribution in [-0.2, 0) is 19.5 Å². The molecule has 0 saturated carbocycles. The molecule has 0 aliphatic heterocycles. The van der Waals surface area contributed by atoms with E-state index in [1.54, 1.807) is 18.4 Å². The van der Waals surface area contributed by atoms with Crippen LogP contribution in [0.5, 0.6) is 5.75 Å². The lowest BCUT2D eigenvalue weighted by Crippen LogP contribution is -2.34. The summed E-state index contributed by atoms with van der Waals surface area (Å²) in [5, 5.41) is 5.71. The molecule has 0 saturated heterocycles. The molecule has 2 N–H and O–H groups in total. The number of rotatable bonds is 6. The number of urea groups is 1. The van der Waals surface area contributed by atoms with Crippen LogP contribution in [0.2, 0.25) is 0 Å². The molecule has 112 valence electrons. The van der Waals surface area contributed by atoms with Gasteiger partial charge in [-0.05, 0) is 36.2 Å². The van der Waals surface area contributed by atoms with Gasteiger partial charge in [0.1, 0.15) is 5.75 Å². The molecule has 21 heavy (non-hydrogen) atoms. The van der Waals surface area contributed by atoms with Crippen LogP contribution in [0.1, 0.15) is 22.2 Å². The molecule has 0 radical (unpaired) electrons. The molecule has 1 aromatic carbocycles. The molecule has 2 aromatic rings. The van der Waals surface area contributed by atoms with Gasteiger partial charge in [-0.25, -0.2) is 4.79 Å². The van der Waals surface area contributed by atoms with Crippen LogP contribution < -0.4 is 15.4 Å². The van der Waals surface area contributed by atoms with Crippen molar-refractivity contribution in [1.29, 1.82) is 0 Å². The van der Waals surface area contributed by atoms with Gasteiger partial charge in [-0.1, -0.05) is 19.1 Å². The molecule has 5 heteroatoms. The van der Waals surface area contributed by atoms with Gasteiger partial charge < -0.3 is 15.4 Å². The van der Waals surface area contributed by atoms with Crippen molar-refractivity contribution in [2.24, 2.45) is 0 Å². The number of aryl methyl sites for hydroxylation is 1. The molecule has 2 amide bonds. The van der Waals surface area contributed by atoms with Crippen molar-refractivity contribution >= 4 is 17.4 Å². The molecule has 4 nitrogen and oxygen atoms in total. The van der Waals surface area contributed by atoms with E-state index in [1.807, 2.05) is 24.3 Å². The lowest BCUT2D eigenvalue weighted by molar-refractivity contribution is 0.240. The molecule has 1 aromatic heterocycles. The van der Waals surface area contributed by atoms with E-state index in [0.717, 1.165) is 17.7 Å². The Balaban J connectivity index is 1.73. The summed E-state index contributed by atoms with van der Waals surface area (Å²) in [7, 11) is 1.63. The first-order chi connectivity index (χ1) is 10.2. The van der Waals surface area contributed by atoms with E-state index in [2.05, 4.69) is 29.7 Å². The summed E-state index contributed by atoms with van der Waals surface area (Å²) in [5.74, 6) is 0.813. The van der Waals surface area contributed by atoms with E-state index in [-0.39, 0.29) is 6.03 Å². The van der Waals surface area contributed by atoms with Gasteiger partial charge in [-0.15, -0.1) is 11.3 Å². The summed E-state index contributed by atoms with van der Waals surface area (Å²) < 4.78 is 5.09. The van der Waals surface area contributed by atoms with Crippen molar-refractivity contribution in [2.75, 3.05) is 7.11 Å². The van der Waals surface area contributed by atoms with Crippen LogP contribution >= 0.6 is 11.3 Å². The number of carbonyl (C=O) groups excluding carboxylic acids is 1. The van der Waals surface area contributed by atoms with Gasteiger partial charge in [0.2, 0.25) is 0 Å². The summed E-state index contributed by atoms with van der Waals surface area (Å²) in [6.45, 7) is 3.20. The van der Waals surface area contributed by atoms with Crippen molar-refractivity contribution in [3.05, 3.63) is 51.7 Å². The molecule has 0 unspecified atom stereocenters. The molecular formula is C16H20N2O2S. The maximum atomic E-state index is 11.7. The predicted molar refractivity (Wildman–Crippen MR) is 85.8 cm³/mol. The van der Waals surface area contributed by atoms with Crippen LogP contribution in [-0.4, -0.2) is 13.1 Å². The average molecular weight is 304 g/mol. The number of hydrogen-bond acceptors (Lipinski definition) is 3. The van der Waals surface area contributed by atoms with Crippen LogP contribution in [0.4, 0.5) is 4.79 Å². The van der Waals surface area contributed by atoms with Gasteiger partial charge in [-0.2, -0.15) is 0 Å². The number of thiophene rings is 1. The summed E-state index contributed by atoms with van der Waals surface area (Å²) in [4.78, 5) is 14.3. The van der Waals surface area contributed by atoms with E-state index in [9.17, 15) is 4.79 Å². The molecule has 0 fully saturated rings. The first-order valence-electron chi connectivity index (χ1n) is 6.93. The second-order valence-electron chi connectivity index (χ2n) is 4.61. The molecule has 0 spiro atoms. The lowest BCUT2D eigenvalue weighted by atomic mass is 10.2. The Morgan fingerprint density at radius 2 is 1.71 bits per heavy atom. The third-order valence-corrected chi connectivity index (χ3v) is 4.33. The summed E-state index contributed by atoms with van der Waals surface area (Å²) in [6, 6.07) is 11.7. The standard InChI is InChI=1S/C16H20N2O2S/c1-3-14-8-9-15(21-14)11-18-16(19)17-10-12-4-6-13(20-2)7-5-12/h4-9H,3,10-11H2,1-2H3,(H2,17,18,19). The van der Waals surface area contributed by atoms with Gasteiger partial charge in [0.25, 0.3) is 0 Å². The van der Waals surface area contributed by atoms with Gasteiger partial charge >= 0.3 is 6.03 Å². The van der Waals surface area contributed by atoms with E-state index in [4.69, 9.17) is 4.74 Å². The third kappa shape index (κ3) is 4.79. The zero-order valence-electron chi connectivity index (χ0n) is 12.3. The Labute approximate surface area is 129 Å². The largest absolute Gasteiger partial charge is 0.497 e. The maximum absolute atomic E-state index is 11.7. The van der Waals surface area contributed by atoms with Crippen molar-refractivity contribution in [1.82, 2.24) is 10.6 Å². The zero-order valence-corrected chi connectivity index (χ0v) is 13.1. The molecular weight excluding hydrogens is 284 g/mol. The monoisotopic (exact) mass is 304 g/mol. The van der Waals surface area contributed by atoms with Crippen LogP contribution in [0.25, 0.3) is 0 Å². The maximum Gasteiger partial charge on any atom is 0.315 e. The van der Waals surface area contributed by atoms with E-state index in [1.165, 1.54) is 9.75 Å². The zero-order chi connectivity index (χ0) is 15.1. The highest BCUT2D eigenvalue weighted by atomic mass is 32.1. The Kier molecular flexibility index (Phi) is 5.63. The average Bonchev–Trinajstić information content (AvgIpc) is 2.99. The second-order valence-corrected chi connectivity index (χ2v) is 5.86. The van der Waals surface area contributed by atoms with Gasteiger partial charge in [0.05, 0.1) is 13.7 Å². The van der Waals surface area contributed by atoms with Gasteiger partial charge in [0.15, 0.2) is 0 Å². The number of carbonyl (C=O) groups is 1. The van der Waals surface area contributed by atoms with Crippen molar-refractivity contribution < 1.29 is 9.53 Å². The topological polar surface area (TPSA) is 50.4 Å². The predicted octanol–water partition coefficient (Wildman–Crippen LogP) is 3.32. The molecule has 2 rings (SSSR count). The minimum absolute atomic E-state index is 0.155. The third-order valence-electron chi connectivity index (χ3n) is 3.10. The quantitative estimate of drug-likeness (QED) is 0.860. The SMILES string of the molecule is CCc1ccc(CNC(=O)NCc2ccc(OC)cc2)s1. The normalized spacial score (nSPS) is 10.2. The van der Waals surface area contributed by atoms with Crippen LogP contribution in [0.15, 0.2) is 36.4 Å². The fraction of sp³-hybridized carbons (Fsp3) is 0.312. The molecule has 0 bridgehead atoms. The Morgan fingerprint density at radius 3 is 2.33 bits per heavy atom. The molecule has 0 aliphatic rings. The number of ether oxygens (including phenoxy) is 1. The smallest absolute Gasteiger partial charge is 0.315 e. The highest BCUT2D eigenvalue weighted by Gasteiger charge is 2.03. The fourth-order valence-electron chi connectivity index (χ4n) is 1.86. The number of nitrogens with one attached hydrogen (secondary N) is 2. The number of benzene rings is 1. The van der Waals surface area contributed by atoms with E-state index in [0.29, 0.717) is 13.1 Å². The summed E-state index contributed by atoms with van der Waals surface area (Å²) >= 11 is 1.74. The number of hydrogen-bond donors (Lipinski definition) is 2. The summed E-state index contributed by atoms with van der Waals surface area (Å²) in [6.07, 6.45) is 1.04. The first kappa shape index (κ1) is 15.4. The minimum atomic E-state index is -0.155.